The quantitative estimate of drug-likeness (QED) is 0.498. The van der Waals surface area contributed by atoms with Crippen LogP contribution >= 0.6 is 0 Å². The van der Waals surface area contributed by atoms with Crippen molar-refractivity contribution in [2.24, 2.45) is 0 Å². The SMILES string of the molecule is CCCC(C)NC(=O)C(=O)OC. The normalized spacial score (nSPS) is 11.9. The van der Waals surface area contributed by atoms with E-state index in [-0.39, 0.29) is 6.04 Å². The summed E-state index contributed by atoms with van der Waals surface area (Å²) in [5, 5.41) is 2.52. The number of hydrogen-bond acceptors (Lipinski definition) is 3. The van der Waals surface area contributed by atoms with Gasteiger partial charge in [0.15, 0.2) is 0 Å². The van der Waals surface area contributed by atoms with E-state index in [0.29, 0.717) is 0 Å². The molecule has 0 fully saturated rings. The molecular formula is C8H15NO3. The van der Waals surface area contributed by atoms with E-state index in [0.717, 1.165) is 12.8 Å². The van der Waals surface area contributed by atoms with Crippen molar-refractivity contribution in [1.82, 2.24) is 5.32 Å². The first-order valence-corrected chi connectivity index (χ1v) is 4.00. The van der Waals surface area contributed by atoms with Gasteiger partial charge < -0.3 is 10.1 Å². The van der Waals surface area contributed by atoms with Crippen LogP contribution < -0.4 is 5.32 Å². The van der Waals surface area contributed by atoms with Gasteiger partial charge in [0.1, 0.15) is 0 Å². The molecule has 0 rings (SSSR count). The first-order valence-electron chi connectivity index (χ1n) is 4.00. The van der Waals surface area contributed by atoms with Crippen molar-refractivity contribution in [3.05, 3.63) is 0 Å². The number of hydrogen-bond donors (Lipinski definition) is 1. The molecule has 1 unspecified atom stereocenters. The lowest BCUT2D eigenvalue weighted by atomic mass is 10.2. The number of methoxy groups -OCH3 is 1. The Bertz CT molecular complexity index is 168. The van der Waals surface area contributed by atoms with Gasteiger partial charge in [0.25, 0.3) is 0 Å². The molecule has 0 saturated carbocycles. The molecule has 0 spiro atoms. The summed E-state index contributed by atoms with van der Waals surface area (Å²) in [5.41, 5.74) is 0. The second-order valence-electron chi connectivity index (χ2n) is 2.65. The van der Waals surface area contributed by atoms with Crippen molar-refractivity contribution in [1.29, 1.82) is 0 Å². The fraction of sp³-hybridized carbons (Fsp3) is 0.750. The minimum atomic E-state index is -0.835. The minimum Gasteiger partial charge on any atom is -0.462 e. The number of rotatable bonds is 3. The number of esters is 1. The summed E-state index contributed by atoms with van der Waals surface area (Å²) < 4.78 is 4.24. The molecule has 0 aliphatic heterocycles. The highest BCUT2D eigenvalue weighted by Gasteiger charge is 2.15. The number of carbonyl (C=O) groups is 2. The maximum Gasteiger partial charge on any atom is 0.396 e. The smallest absolute Gasteiger partial charge is 0.396 e. The number of nitrogens with one attached hydrogen (secondary N) is 1. The van der Waals surface area contributed by atoms with E-state index >= 15 is 0 Å². The van der Waals surface area contributed by atoms with Gasteiger partial charge >= 0.3 is 11.9 Å². The fourth-order valence-corrected chi connectivity index (χ4v) is 0.881. The van der Waals surface area contributed by atoms with Gasteiger partial charge in [-0.15, -0.1) is 0 Å². The summed E-state index contributed by atoms with van der Waals surface area (Å²) >= 11 is 0. The van der Waals surface area contributed by atoms with Gasteiger partial charge in [0, 0.05) is 6.04 Å². The Balaban J connectivity index is 3.76. The van der Waals surface area contributed by atoms with Crippen LogP contribution in [0.1, 0.15) is 26.7 Å². The van der Waals surface area contributed by atoms with E-state index in [1.54, 1.807) is 0 Å². The average molecular weight is 173 g/mol. The molecule has 0 bridgehead atoms. The molecule has 1 N–H and O–H groups in total. The second-order valence-corrected chi connectivity index (χ2v) is 2.65. The van der Waals surface area contributed by atoms with Gasteiger partial charge in [0.2, 0.25) is 0 Å². The van der Waals surface area contributed by atoms with Crippen LogP contribution in [0.5, 0.6) is 0 Å². The van der Waals surface area contributed by atoms with Gasteiger partial charge in [-0.3, -0.25) is 4.79 Å². The van der Waals surface area contributed by atoms with Gasteiger partial charge in [0.05, 0.1) is 7.11 Å². The monoisotopic (exact) mass is 173 g/mol. The molecule has 70 valence electrons. The van der Waals surface area contributed by atoms with Crippen LogP contribution in [-0.4, -0.2) is 25.0 Å². The molecule has 4 heteroatoms. The first-order chi connectivity index (χ1) is 5.61. The Morgan fingerprint density at radius 3 is 2.50 bits per heavy atom. The van der Waals surface area contributed by atoms with Crippen LogP contribution in [0.15, 0.2) is 0 Å². The summed E-state index contributed by atoms with van der Waals surface area (Å²) in [6, 6.07) is 0.0293. The van der Waals surface area contributed by atoms with Crippen molar-refractivity contribution in [2.75, 3.05) is 7.11 Å². The zero-order valence-electron chi connectivity index (χ0n) is 7.72. The summed E-state index contributed by atoms with van der Waals surface area (Å²) in [5.74, 6) is -1.50. The zero-order chi connectivity index (χ0) is 9.56. The van der Waals surface area contributed by atoms with Crippen LogP contribution in [0, 0.1) is 0 Å². The molecule has 12 heavy (non-hydrogen) atoms. The Hall–Kier alpha value is -1.06. The molecule has 0 radical (unpaired) electrons. The molecule has 0 aliphatic carbocycles. The summed E-state index contributed by atoms with van der Waals surface area (Å²) in [4.78, 5) is 21.5. The third kappa shape index (κ3) is 3.95. The average Bonchev–Trinajstić information content (AvgIpc) is 2.03. The van der Waals surface area contributed by atoms with Crippen LogP contribution in [-0.2, 0) is 14.3 Å². The van der Waals surface area contributed by atoms with E-state index in [9.17, 15) is 9.59 Å². The van der Waals surface area contributed by atoms with Crippen molar-refractivity contribution < 1.29 is 14.3 Å². The summed E-state index contributed by atoms with van der Waals surface area (Å²) in [6.07, 6.45) is 1.84. The van der Waals surface area contributed by atoms with Gasteiger partial charge in [-0.1, -0.05) is 13.3 Å². The van der Waals surface area contributed by atoms with Crippen LogP contribution in [0.25, 0.3) is 0 Å². The van der Waals surface area contributed by atoms with Gasteiger partial charge in [-0.25, -0.2) is 4.79 Å². The minimum absolute atomic E-state index is 0.0293. The predicted octanol–water partition coefficient (Wildman–Crippen LogP) is 0.464. The standard InChI is InChI=1S/C8H15NO3/c1-4-5-6(2)9-7(10)8(11)12-3/h6H,4-5H2,1-3H3,(H,9,10). The third-order valence-electron chi connectivity index (χ3n) is 1.47. The second kappa shape index (κ2) is 5.57. The molecule has 1 atom stereocenters. The van der Waals surface area contributed by atoms with Crippen LogP contribution in [0.2, 0.25) is 0 Å². The summed E-state index contributed by atoms with van der Waals surface area (Å²) in [6.45, 7) is 3.87. The lowest BCUT2D eigenvalue weighted by molar-refractivity contribution is -0.153. The molecular weight excluding hydrogens is 158 g/mol. The first kappa shape index (κ1) is 10.9. The lowest BCUT2D eigenvalue weighted by Gasteiger charge is -2.10. The predicted molar refractivity (Wildman–Crippen MR) is 44.5 cm³/mol. The molecule has 0 aromatic heterocycles. The van der Waals surface area contributed by atoms with E-state index < -0.39 is 11.9 Å². The fourth-order valence-electron chi connectivity index (χ4n) is 0.881. The Morgan fingerprint density at radius 1 is 1.50 bits per heavy atom. The highest BCUT2D eigenvalue weighted by molar-refractivity contribution is 6.32. The maximum atomic E-state index is 10.9. The molecule has 0 aromatic rings. The van der Waals surface area contributed by atoms with E-state index in [2.05, 4.69) is 10.1 Å². The Kier molecular flexibility index (Phi) is 5.08. The third-order valence-corrected chi connectivity index (χ3v) is 1.47. The van der Waals surface area contributed by atoms with E-state index in [1.165, 1.54) is 7.11 Å². The van der Waals surface area contributed by atoms with Gasteiger partial charge in [-0.2, -0.15) is 0 Å². The Morgan fingerprint density at radius 2 is 2.08 bits per heavy atom. The Labute approximate surface area is 72.3 Å². The number of carbonyl (C=O) groups excluding carboxylic acids is 2. The van der Waals surface area contributed by atoms with Gasteiger partial charge in [-0.05, 0) is 13.3 Å². The molecule has 0 aromatic carbocycles. The van der Waals surface area contributed by atoms with Crippen LogP contribution in [0.4, 0.5) is 0 Å². The van der Waals surface area contributed by atoms with Crippen molar-refractivity contribution >= 4 is 11.9 Å². The molecule has 4 nitrogen and oxygen atoms in total. The number of ether oxygens (including phenoxy) is 1. The van der Waals surface area contributed by atoms with Crippen LogP contribution in [0.3, 0.4) is 0 Å². The van der Waals surface area contributed by atoms with E-state index in [1.807, 2.05) is 13.8 Å². The maximum absolute atomic E-state index is 10.9. The number of amides is 1. The largest absolute Gasteiger partial charge is 0.462 e. The van der Waals surface area contributed by atoms with Crippen molar-refractivity contribution in [2.45, 2.75) is 32.7 Å². The van der Waals surface area contributed by atoms with E-state index in [4.69, 9.17) is 0 Å². The highest BCUT2D eigenvalue weighted by Crippen LogP contribution is 1.94. The topological polar surface area (TPSA) is 55.4 Å². The lowest BCUT2D eigenvalue weighted by Crippen LogP contribution is -2.38. The van der Waals surface area contributed by atoms with Crippen molar-refractivity contribution in [3.8, 4) is 0 Å². The summed E-state index contributed by atoms with van der Waals surface area (Å²) in [7, 11) is 1.19. The molecule has 0 aliphatic rings. The van der Waals surface area contributed by atoms with Crippen molar-refractivity contribution in [3.63, 3.8) is 0 Å². The molecule has 0 saturated heterocycles. The molecule has 0 heterocycles. The molecule has 1 amide bonds. The highest BCUT2D eigenvalue weighted by atomic mass is 16.5. The zero-order valence-corrected chi connectivity index (χ0v) is 7.72.